The van der Waals surface area contributed by atoms with Crippen molar-refractivity contribution in [2.75, 3.05) is 23.7 Å². The fourth-order valence-electron chi connectivity index (χ4n) is 2.42. The minimum Gasteiger partial charge on any atom is -0.390 e. The lowest BCUT2D eigenvalue weighted by molar-refractivity contribution is 1.03. The number of hydrogen-bond acceptors (Lipinski definition) is 5. The van der Waals surface area contributed by atoms with Crippen molar-refractivity contribution in [1.29, 1.82) is 0 Å². The molecule has 3 aromatic rings. The highest BCUT2D eigenvalue weighted by Gasteiger charge is 2.08. The van der Waals surface area contributed by atoms with Crippen molar-refractivity contribution < 1.29 is 2.85 Å². The summed E-state index contributed by atoms with van der Waals surface area (Å²) in [5.41, 5.74) is 11.2. The average molecular weight is 369 g/mol. The van der Waals surface area contributed by atoms with Gasteiger partial charge in [0.1, 0.15) is 6.34 Å². The van der Waals surface area contributed by atoms with E-state index in [4.69, 9.17) is 5.73 Å². The van der Waals surface area contributed by atoms with Gasteiger partial charge >= 0.3 is 0 Å². The maximum atomic E-state index is 5.18. The third-order valence-corrected chi connectivity index (χ3v) is 4.38. The summed E-state index contributed by atoms with van der Waals surface area (Å²) in [5, 5.41) is 6.87. The van der Waals surface area contributed by atoms with Gasteiger partial charge < -0.3 is 16.4 Å². The van der Waals surface area contributed by atoms with Crippen molar-refractivity contribution >= 4 is 41.1 Å². The Bertz CT molecular complexity index is 869. The Hall–Kier alpha value is -3.19. The molecule has 0 aliphatic heterocycles. The van der Waals surface area contributed by atoms with Crippen LogP contribution in [-0.4, -0.2) is 30.8 Å². The smallest absolute Gasteiger partial charge is 0.111 e. The molecule has 0 fully saturated rings. The molecule has 0 aliphatic rings. The van der Waals surface area contributed by atoms with Crippen molar-refractivity contribution in [3.63, 3.8) is 0 Å². The highest BCUT2D eigenvalue weighted by Crippen LogP contribution is 2.33. The van der Waals surface area contributed by atoms with Crippen molar-refractivity contribution in [2.24, 2.45) is 15.7 Å². The third kappa shape index (κ3) is 4.90. The van der Waals surface area contributed by atoms with E-state index >= 15 is 0 Å². The van der Waals surface area contributed by atoms with Crippen LogP contribution in [0.3, 0.4) is 0 Å². The van der Waals surface area contributed by atoms with Gasteiger partial charge in [0.2, 0.25) is 0 Å². The molecule has 0 aliphatic carbocycles. The fourth-order valence-corrected chi connectivity index (χ4v) is 3.08. The molecule has 0 atom stereocenters. The molecule has 0 saturated carbocycles. The number of thiazole rings is 1. The standard InChI is InChI=1S/C19H20N6S.2H2/c20-12-23-13-21-8-9-24-18-10-16(25-15-4-2-1-3-5-15)6-7-17(18)19-11-22-14-26-19;;/h1-7,10-14,24-25H,8-9H2,(H2,20,21,23);2*1H. The van der Waals surface area contributed by atoms with E-state index in [0.717, 1.165) is 27.5 Å². The van der Waals surface area contributed by atoms with Crippen molar-refractivity contribution in [3.05, 3.63) is 60.2 Å². The molecule has 0 unspecified atom stereocenters. The van der Waals surface area contributed by atoms with Crippen LogP contribution in [0.25, 0.3) is 10.4 Å². The Morgan fingerprint density at radius 1 is 1.15 bits per heavy atom. The Morgan fingerprint density at radius 3 is 2.81 bits per heavy atom. The summed E-state index contributed by atoms with van der Waals surface area (Å²) in [4.78, 5) is 13.2. The van der Waals surface area contributed by atoms with Crippen LogP contribution < -0.4 is 16.4 Å². The van der Waals surface area contributed by atoms with Crippen molar-refractivity contribution in [1.82, 2.24) is 4.98 Å². The Kier molecular flexibility index (Phi) is 6.33. The fraction of sp³-hybridized carbons (Fsp3) is 0.105. The lowest BCUT2D eigenvalue weighted by Gasteiger charge is -2.14. The summed E-state index contributed by atoms with van der Waals surface area (Å²) >= 11 is 1.62. The molecule has 0 saturated heterocycles. The molecular weight excluding hydrogens is 344 g/mol. The summed E-state index contributed by atoms with van der Waals surface area (Å²) in [6, 6.07) is 16.4. The van der Waals surface area contributed by atoms with E-state index < -0.39 is 0 Å². The molecular formula is C19H24N6S. The quantitative estimate of drug-likeness (QED) is 0.311. The van der Waals surface area contributed by atoms with Crippen LogP contribution >= 0.6 is 11.3 Å². The molecule has 1 heterocycles. The van der Waals surface area contributed by atoms with Gasteiger partial charge in [-0.25, -0.2) is 4.99 Å². The van der Waals surface area contributed by atoms with Crippen molar-refractivity contribution in [3.8, 4) is 10.4 Å². The monoisotopic (exact) mass is 368 g/mol. The molecule has 0 bridgehead atoms. The zero-order valence-electron chi connectivity index (χ0n) is 14.2. The Labute approximate surface area is 159 Å². The molecule has 0 spiro atoms. The number of anilines is 3. The second-order valence-electron chi connectivity index (χ2n) is 5.36. The van der Waals surface area contributed by atoms with Gasteiger partial charge in [-0.3, -0.25) is 9.98 Å². The van der Waals surface area contributed by atoms with Crippen LogP contribution in [0.5, 0.6) is 0 Å². The number of nitrogens with zero attached hydrogens (tertiary/aromatic N) is 3. The van der Waals surface area contributed by atoms with Crippen molar-refractivity contribution in [2.45, 2.75) is 0 Å². The molecule has 26 heavy (non-hydrogen) atoms. The van der Waals surface area contributed by atoms with Crippen LogP contribution in [-0.2, 0) is 0 Å². The zero-order valence-corrected chi connectivity index (χ0v) is 15.0. The lowest BCUT2D eigenvalue weighted by atomic mass is 10.1. The highest BCUT2D eigenvalue weighted by molar-refractivity contribution is 7.13. The van der Waals surface area contributed by atoms with Gasteiger partial charge in [0.05, 0.1) is 23.3 Å². The van der Waals surface area contributed by atoms with Crippen LogP contribution in [0.1, 0.15) is 2.85 Å². The molecule has 7 heteroatoms. The summed E-state index contributed by atoms with van der Waals surface area (Å²) in [5.74, 6) is 0. The number of hydrogen-bond donors (Lipinski definition) is 3. The number of benzene rings is 2. The van der Waals surface area contributed by atoms with Gasteiger partial charge in [0, 0.05) is 38.2 Å². The summed E-state index contributed by atoms with van der Waals surface area (Å²) in [6.07, 6.45) is 4.56. The highest BCUT2D eigenvalue weighted by atomic mass is 32.1. The summed E-state index contributed by atoms with van der Waals surface area (Å²) in [7, 11) is 0. The number of para-hydroxylation sites is 1. The number of aromatic nitrogens is 1. The van der Waals surface area contributed by atoms with E-state index in [-0.39, 0.29) is 2.85 Å². The summed E-state index contributed by atoms with van der Waals surface area (Å²) < 4.78 is 0. The van der Waals surface area contributed by atoms with Gasteiger partial charge in [-0.2, -0.15) is 0 Å². The van der Waals surface area contributed by atoms with Crippen LogP contribution in [0, 0.1) is 0 Å². The van der Waals surface area contributed by atoms with Gasteiger partial charge in [-0.1, -0.05) is 18.2 Å². The first-order valence-electron chi connectivity index (χ1n) is 8.17. The number of rotatable bonds is 8. The van der Waals surface area contributed by atoms with E-state index in [2.05, 4.69) is 43.8 Å². The normalized spacial score (nSPS) is 11.2. The predicted octanol–water partition coefficient (Wildman–Crippen LogP) is 4.47. The third-order valence-electron chi connectivity index (χ3n) is 3.57. The Balaban J connectivity index is 0.00000196. The van der Waals surface area contributed by atoms with Gasteiger partial charge in [0.25, 0.3) is 0 Å². The van der Waals surface area contributed by atoms with E-state index in [1.165, 1.54) is 12.7 Å². The molecule has 1 aromatic heterocycles. The van der Waals surface area contributed by atoms with Crippen LogP contribution in [0.15, 0.2) is 70.2 Å². The molecule has 2 aromatic carbocycles. The topological polar surface area (TPSA) is 87.7 Å². The molecule has 4 N–H and O–H groups in total. The van der Waals surface area contributed by atoms with Gasteiger partial charge in [-0.15, -0.1) is 11.3 Å². The van der Waals surface area contributed by atoms with E-state index in [9.17, 15) is 0 Å². The first kappa shape index (κ1) is 17.6. The predicted molar refractivity (Wildman–Crippen MR) is 116 cm³/mol. The molecule has 6 nitrogen and oxygen atoms in total. The van der Waals surface area contributed by atoms with E-state index in [0.29, 0.717) is 13.1 Å². The minimum absolute atomic E-state index is 0. The summed E-state index contributed by atoms with van der Waals surface area (Å²) in [6.45, 7) is 1.30. The molecule has 0 radical (unpaired) electrons. The first-order valence-corrected chi connectivity index (χ1v) is 9.05. The Morgan fingerprint density at radius 2 is 2.04 bits per heavy atom. The second-order valence-corrected chi connectivity index (χ2v) is 6.25. The first-order chi connectivity index (χ1) is 12.9. The number of nitrogens with one attached hydrogen (secondary N) is 2. The molecule has 136 valence electrons. The lowest BCUT2D eigenvalue weighted by Crippen LogP contribution is -2.06. The van der Waals surface area contributed by atoms with E-state index in [1.807, 2.05) is 42.0 Å². The SMILES string of the molecule is NC=NC=NCCNc1cc(Nc2ccccc2)ccc1-c1cncs1.[HH].[HH]. The second kappa shape index (κ2) is 9.33. The van der Waals surface area contributed by atoms with Crippen LogP contribution in [0.2, 0.25) is 0 Å². The largest absolute Gasteiger partial charge is 0.390 e. The minimum atomic E-state index is 0. The van der Waals surface area contributed by atoms with Gasteiger partial charge in [0.15, 0.2) is 0 Å². The maximum absolute atomic E-state index is 5.18. The molecule has 3 rings (SSSR count). The zero-order chi connectivity index (χ0) is 18.0. The number of nitrogens with two attached hydrogens (primary N) is 1. The molecule has 0 amide bonds. The number of aliphatic imine (C=N–C) groups is 2. The maximum Gasteiger partial charge on any atom is 0.111 e. The van der Waals surface area contributed by atoms with Gasteiger partial charge in [-0.05, 0) is 30.3 Å². The average Bonchev–Trinajstić information content (AvgIpc) is 3.20. The van der Waals surface area contributed by atoms with Crippen LogP contribution in [0.4, 0.5) is 17.1 Å². The van der Waals surface area contributed by atoms with E-state index in [1.54, 1.807) is 11.3 Å².